The van der Waals surface area contributed by atoms with Gasteiger partial charge in [0.2, 0.25) is 0 Å². The van der Waals surface area contributed by atoms with Gasteiger partial charge < -0.3 is 20.4 Å². The van der Waals surface area contributed by atoms with Gasteiger partial charge in [0.05, 0.1) is 6.10 Å². The second-order valence-electron chi connectivity index (χ2n) is 4.66. The van der Waals surface area contributed by atoms with Crippen LogP contribution in [0.25, 0.3) is 0 Å². The number of carbonyl (C=O) groups is 2. The van der Waals surface area contributed by atoms with Crippen LogP contribution in [-0.2, 0) is 4.89 Å². The SMILES string of the molecule is CC(C)C.O=C(O)O.O=C(O)O.OOC1CCCCC1. The van der Waals surface area contributed by atoms with Crippen molar-refractivity contribution >= 4 is 12.3 Å². The first-order valence-corrected chi connectivity index (χ1v) is 6.27. The number of hydrogen-bond donors (Lipinski definition) is 5. The van der Waals surface area contributed by atoms with Gasteiger partial charge in [-0.25, -0.2) is 14.5 Å². The molecule has 0 atom stereocenters. The summed E-state index contributed by atoms with van der Waals surface area (Å²) >= 11 is 0. The lowest BCUT2D eigenvalue weighted by Gasteiger charge is -2.17. The minimum absolute atomic E-state index is 0.142. The molecule has 20 heavy (non-hydrogen) atoms. The van der Waals surface area contributed by atoms with E-state index in [1.807, 2.05) is 0 Å². The standard InChI is InChI=1S/C6H12O2.C4H10.2CH2O3/c7-8-6-4-2-1-3-5-6;1-4(2)3;2*2-1(3)4/h6-7H,1-5H2;4H,1-3H3;2*(H2,2,3,4). The van der Waals surface area contributed by atoms with Gasteiger partial charge in [0, 0.05) is 0 Å². The Morgan fingerprint density at radius 2 is 1.15 bits per heavy atom. The Morgan fingerprint density at radius 1 is 0.900 bits per heavy atom. The molecule has 0 aromatic heterocycles. The van der Waals surface area contributed by atoms with E-state index >= 15 is 0 Å². The van der Waals surface area contributed by atoms with Gasteiger partial charge in [0.25, 0.3) is 0 Å². The molecule has 0 spiro atoms. The van der Waals surface area contributed by atoms with Gasteiger partial charge in [0.15, 0.2) is 0 Å². The summed E-state index contributed by atoms with van der Waals surface area (Å²) in [5, 5.41) is 36.1. The van der Waals surface area contributed by atoms with E-state index in [1.165, 1.54) is 19.3 Å². The molecule has 5 N–H and O–H groups in total. The van der Waals surface area contributed by atoms with Crippen LogP contribution in [0.3, 0.4) is 0 Å². The molecule has 0 radical (unpaired) electrons. The summed E-state index contributed by atoms with van der Waals surface area (Å²) in [6.45, 7) is 6.50. The molecule has 0 unspecified atom stereocenters. The fourth-order valence-corrected chi connectivity index (χ4v) is 1.17. The molecule has 0 amide bonds. The molecule has 1 aliphatic rings. The Morgan fingerprint density at radius 3 is 1.30 bits per heavy atom. The zero-order valence-electron chi connectivity index (χ0n) is 12.2. The van der Waals surface area contributed by atoms with Gasteiger partial charge in [-0.15, -0.1) is 0 Å². The molecule has 8 nitrogen and oxygen atoms in total. The highest BCUT2D eigenvalue weighted by Crippen LogP contribution is 2.18. The summed E-state index contributed by atoms with van der Waals surface area (Å²) in [5.74, 6) is 0.833. The first-order valence-electron chi connectivity index (χ1n) is 6.27. The van der Waals surface area contributed by atoms with Crippen LogP contribution in [0.2, 0.25) is 0 Å². The molecule has 8 heteroatoms. The predicted molar refractivity (Wildman–Crippen MR) is 72.4 cm³/mol. The molecule has 0 aromatic carbocycles. The van der Waals surface area contributed by atoms with E-state index in [1.54, 1.807) is 0 Å². The van der Waals surface area contributed by atoms with E-state index in [2.05, 4.69) is 25.7 Å². The molecule has 0 bridgehead atoms. The van der Waals surface area contributed by atoms with E-state index in [-0.39, 0.29) is 6.10 Å². The first-order chi connectivity index (χ1) is 9.13. The van der Waals surface area contributed by atoms with Crippen molar-refractivity contribution in [2.24, 2.45) is 5.92 Å². The van der Waals surface area contributed by atoms with Crippen LogP contribution in [0.5, 0.6) is 0 Å². The highest BCUT2D eigenvalue weighted by Gasteiger charge is 2.12. The first kappa shape index (κ1) is 23.5. The second kappa shape index (κ2) is 17.5. The molecule has 1 saturated carbocycles. The predicted octanol–water partition coefficient (Wildman–Crippen LogP) is 3.92. The zero-order chi connectivity index (χ0) is 16.6. The molecule has 0 aromatic rings. The zero-order valence-corrected chi connectivity index (χ0v) is 12.2. The van der Waals surface area contributed by atoms with Gasteiger partial charge >= 0.3 is 12.3 Å². The fourth-order valence-electron chi connectivity index (χ4n) is 1.17. The third kappa shape index (κ3) is 55.0. The normalized spacial score (nSPS) is 13.7. The van der Waals surface area contributed by atoms with Crippen LogP contribution in [0, 0.1) is 5.92 Å². The maximum atomic E-state index is 8.56. The van der Waals surface area contributed by atoms with Crippen LogP contribution < -0.4 is 0 Å². The third-order valence-corrected chi connectivity index (χ3v) is 1.70. The van der Waals surface area contributed by atoms with Gasteiger partial charge in [0.1, 0.15) is 0 Å². The number of carboxylic acid groups (broad SMARTS) is 4. The van der Waals surface area contributed by atoms with Gasteiger partial charge in [-0.05, 0) is 18.8 Å². The Labute approximate surface area is 118 Å². The summed E-state index contributed by atoms with van der Waals surface area (Å²) < 4.78 is 0. The molecule has 0 aliphatic heterocycles. The molecule has 122 valence electrons. The van der Waals surface area contributed by atoms with Crippen LogP contribution in [-0.4, -0.2) is 44.1 Å². The summed E-state index contributed by atoms with van der Waals surface area (Å²) in [5.41, 5.74) is 0. The average Bonchev–Trinajstić information content (AvgIpc) is 2.28. The van der Waals surface area contributed by atoms with Gasteiger partial charge in [-0.3, -0.25) is 5.26 Å². The lowest BCUT2D eigenvalue weighted by atomic mass is 9.98. The van der Waals surface area contributed by atoms with Crippen molar-refractivity contribution < 1.29 is 40.2 Å². The van der Waals surface area contributed by atoms with Crippen LogP contribution in [0.4, 0.5) is 9.59 Å². The Kier molecular flexibility index (Phi) is 20.6. The highest BCUT2D eigenvalue weighted by molar-refractivity contribution is 5.53. The monoisotopic (exact) mass is 298 g/mol. The van der Waals surface area contributed by atoms with Crippen molar-refractivity contribution in [1.29, 1.82) is 0 Å². The molecular weight excluding hydrogens is 272 g/mol. The highest BCUT2D eigenvalue weighted by atomic mass is 17.1. The Hall–Kier alpha value is -1.54. The summed E-state index contributed by atoms with van der Waals surface area (Å²) in [6.07, 6.45) is 2.28. The molecular formula is C12H26O8. The van der Waals surface area contributed by atoms with Crippen molar-refractivity contribution in [2.75, 3.05) is 0 Å². The van der Waals surface area contributed by atoms with Crippen LogP contribution >= 0.6 is 0 Å². The number of rotatable bonds is 1. The molecule has 0 saturated heterocycles. The molecule has 1 aliphatic carbocycles. The van der Waals surface area contributed by atoms with Crippen LogP contribution in [0.1, 0.15) is 52.9 Å². The van der Waals surface area contributed by atoms with Gasteiger partial charge in [-0.2, -0.15) is 0 Å². The average molecular weight is 298 g/mol. The molecule has 1 fully saturated rings. The summed E-state index contributed by atoms with van der Waals surface area (Å²) in [6, 6.07) is 0. The lowest BCUT2D eigenvalue weighted by molar-refractivity contribution is -0.283. The third-order valence-electron chi connectivity index (χ3n) is 1.70. The maximum absolute atomic E-state index is 8.56. The smallest absolute Gasteiger partial charge is 0.450 e. The minimum atomic E-state index is -1.83. The van der Waals surface area contributed by atoms with Crippen molar-refractivity contribution in [3.05, 3.63) is 0 Å². The van der Waals surface area contributed by atoms with E-state index < -0.39 is 12.3 Å². The quantitative estimate of drug-likeness (QED) is 0.362. The van der Waals surface area contributed by atoms with Crippen LogP contribution in [0.15, 0.2) is 0 Å². The summed E-state index contributed by atoms with van der Waals surface area (Å²) in [7, 11) is 0. The molecule has 1 rings (SSSR count). The van der Waals surface area contributed by atoms with Crippen molar-refractivity contribution in [3.63, 3.8) is 0 Å². The summed E-state index contributed by atoms with van der Waals surface area (Å²) in [4.78, 5) is 21.3. The van der Waals surface area contributed by atoms with Crippen molar-refractivity contribution in [1.82, 2.24) is 0 Å². The van der Waals surface area contributed by atoms with Gasteiger partial charge in [-0.1, -0.05) is 40.0 Å². The lowest BCUT2D eigenvalue weighted by Crippen LogP contribution is -2.14. The second-order valence-corrected chi connectivity index (χ2v) is 4.66. The number of hydrogen-bond acceptors (Lipinski definition) is 4. The maximum Gasteiger partial charge on any atom is 0.503 e. The largest absolute Gasteiger partial charge is 0.503 e. The topological polar surface area (TPSA) is 145 Å². The van der Waals surface area contributed by atoms with Crippen molar-refractivity contribution in [2.45, 2.75) is 59.0 Å². The van der Waals surface area contributed by atoms with Crippen molar-refractivity contribution in [3.8, 4) is 0 Å². The van der Waals surface area contributed by atoms with E-state index in [4.69, 9.17) is 35.3 Å². The Balaban J connectivity index is -0.000000209. The minimum Gasteiger partial charge on any atom is -0.450 e. The van der Waals surface area contributed by atoms with E-state index in [9.17, 15) is 0 Å². The van der Waals surface area contributed by atoms with E-state index in [0.29, 0.717) is 0 Å². The fraction of sp³-hybridized carbons (Fsp3) is 0.833. The Bertz CT molecular complexity index is 201. The molecule has 0 heterocycles. The van der Waals surface area contributed by atoms with E-state index in [0.717, 1.165) is 18.8 Å².